The van der Waals surface area contributed by atoms with Gasteiger partial charge >= 0.3 is 5.97 Å². The molecule has 0 saturated carbocycles. The number of aliphatic carboxylic acids is 1. The van der Waals surface area contributed by atoms with Crippen LogP contribution in [-0.2, 0) is 19.1 Å². The van der Waals surface area contributed by atoms with Gasteiger partial charge in [0.2, 0.25) is 0 Å². The number of carboxylic acids is 1. The molecule has 112 valence electrons. The first-order valence-electron chi connectivity index (χ1n) is 6.46. The van der Waals surface area contributed by atoms with Gasteiger partial charge in [-0.3, -0.25) is 19.3 Å². The van der Waals surface area contributed by atoms with E-state index in [1.54, 1.807) is 13.8 Å². The predicted octanol–water partition coefficient (Wildman–Crippen LogP) is 1.21. The molecule has 1 rings (SSSR count). The van der Waals surface area contributed by atoms with Gasteiger partial charge in [-0.15, -0.1) is 0 Å². The number of nitrogens with zero attached hydrogens (tertiary/aromatic N) is 1. The van der Waals surface area contributed by atoms with Crippen molar-refractivity contribution in [1.82, 2.24) is 4.90 Å². The fourth-order valence-corrected chi connectivity index (χ4v) is 1.54. The zero-order chi connectivity index (χ0) is 15.6. The van der Waals surface area contributed by atoms with E-state index in [2.05, 4.69) is 0 Å². The summed E-state index contributed by atoms with van der Waals surface area (Å²) >= 11 is 0. The molecule has 1 heterocycles. The molecular weight excluding hydrogens is 262 g/mol. The van der Waals surface area contributed by atoms with Gasteiger partial charge in [0.25, 0.3) is 11.8 Å². The van der Waals surface area contributed by atoms with Crippen LogP contribution in [0.1, 0.15) is 34.1 Å². The van der Waals surface area contributed by atoms with E-state index in [4.69, 9.17) is 9.84 Å². The van der Waals surface area contributed by atoms with Crippen molar-refractivity contribution in [3.63, 3.8) is 0 Å². The quantitative estimate of drug-likeness (QED) is 0.710. The summed E-state index contributed by atoms with van der Waals surface area (Å²) in [6.45, 7) is 7.11. The molecule has 0 bridgehead atoms. The van der Waals surface area contributed by atoms with Gasteiger partial charge in [0.05, 0.1) is 17.6 Å². The van der Waals surface area contributed by atoms with Gasteiger partial charge in [0, 0.05) is 18.7 Å². The fourth-order valence-electron chi connectivity index (χ4n) is 1.54. The van der Waals surface area contributed by atoms with Crippen LogP contribution in [0.5, 0.6) is 0 Å². The van der Waals surface area contributed by atoms with Crippen molar-refractivity contribution in [3.05, 3.63) is 12.2 Å². The number of carboxylic acid groups (broad SMARTS) is 1. The Morgan fingerprint density at radius 3 is 2.15 bits per heavy atom. The van der Waals surface area contributed by atoms with Crippen molar-refractivity contribution in [1.29, 1.82) is 0 Å². The second kappa shape index (κ2) is 5.75. The summed E-state index contributed by atoms with van der Waals surface area (Å²) in [5.74, 6) is -1.57. The van der Waals surface area contributed by atoms with E-state index in [1.807, 2.05) is 13.8 Å². The van der Waals surface area contributed by atoms with Gasteiger partial charge in [0.15, 0.2) is 0 Å². The SMILES string of the molecule is CC(C)(CCN1C(=O)C=CC1=O)OCC(C)(C)C(=O)O. The molecule has 2 amide bonds. The highest BCUT2D eigenvalue weighted by atomic mass is 16.5. The average molecular weight is 283 g/mol. The van der Waals surface area contributed by atoms with Crippen molar-refractivity contribution in [2.45, 2.75) is 39.7 Å². The topological polar surface area (TPSA) is 83.9 Å². The van der Waals surface area contributed by atoms with Gasteiger partial charge in [-0.25, -0.2) is 0 Å². The summed E-state index contributed by atoms with van der Waals surface area (Å²) in [5, 5.41) is 9.02. The lowest BCUT2D eigenvalue weighted by Crippen LogP contribution is -2.39. The third-order valence-electron chi connectivity index (χ3n) is 3.24. The smallest absolute Gasteiger partial charge is 0.311 e. The second-order valence-corrected chi connectivity index (χ2v) is 6.15. The third kappa shape index (κ3) is 4.16. The average Bonchev–Trinajstić information content (AvgIpc) is 2.64. The highest BCUT2D eigenvalue weighted by Gasteiger charge is 2.32. The molecule has 0 radical (unpaired) electrons. The first-order chi connectivity index (χ1) is 9.05. The number of rotatable bonds is 7. The molecule has 6 nitrogen and oxygen atoms in total. The Morgan fingerprint density at radius 2 is 1.70 bits per heavy atom. The lowest BCUT2D eigenvalue weighted by atomic mass is 9.94. The maximum Gasteiger partial charge on any atom is 0.311 e. The minimum Gasteiger partial charge on any atom is -0.481 e. The van der Waals surface area contributed by atoms with Crippen LogP contribution in [-0.4, -0.2) is 46.5 Å². The zero-order valence-electron chi connectivity index (χ0n) is 12.3. The Bertz CT molecular complexity index is 432. The number of ether oxygens (including phenoxy) is 1. The monoisotopic (exact) mass is 283 g/mol. The molecule has 0 spiro atoms. The maximum atomic E-state index is 11.4. The van der Waals surface area contributed by atoms with Crippen molar-refractivity contribution >= 4 is 17.8 Å². The van der Waals surface area contributed by atoms with Crippen LogP contribution >= 0.6 is 0 Å². The summed E-state index contributed by atoms with van der Waals surface area (Å²) < 4.78 is 5.64. The molecule has 0 saturated heterocycles. The van der Waals surface area contributed by atoms with Crippen molar-refractivity contribution < 1.29 is 24.2 Å². The number of hydrogen-bond donors (Lipinski definition) is 1. The van der Waals surface area contributed by atoms with E-state index < -0.39 is 17.0 Å². The minimum atomic E-state index is -0.974. The number of carbonyl (C=O) groups excluding carboxylic acids is 2. The Morgan fingerprint density at radius 1 is 1.20 bits per heavy atom. The fraction of sp³-hybridized carbons (Fsp3) is 0.643. The number of hydrogen-bond acceptors (Lipinski definition) is 4. The lowest BCUT2D eigenvalue weighted by Gasteiger charge is -2.30. The first kappa shape index (κ1) is 16.4. The largest absolute Gasteiger partial charge is 0.481 e. The summed E-state index contributed by atoms with van der Waals surface area (Å²) in [4.78, 5) is 35.0. The Labute approximate surface area is 118 Å². The molecule has 20 heavy (non-hydrogen) atoms. The van der Waals surface area contributed by atoms with Gasteiger partial charge in [-0.2, -0.15) is 0 Å². The molecule has 0 unspecified atom stereocenters. The molecule has 0 aromatic rings. The summed E-state index contributed by atoms with van der Waals surface area (Å²) in [7, 11) is 0. The second-order valence-electron chi connectivity index (χ2n) is 6.15. The highest BCUT2D eigenvalue weighted by Crippen LogP contribution is 2.23. The van der Waals surface area contributed by atoms with E-state index >= 15 is 0 Å². The molecule has 0 aromatic heterocycles. The summed E-state index contributed by atoms with van der Waals surface area (Å²) in [6, 6.07) is 0. The lowest BCUT2D eigenvalue weighted by molar-refractivity contribution is -0.154. The number of amides is 2. The Hall–Kier alpha value is -1.69. The molecule has 0 aliphatic carbocycles. The number of carbonyl (C=O) groups is 3. The summed E-state index contributed by atoms with van der Waals surface area (Å²) in [5.41, 5.74) is -1.59. The molecule has 6 heteroatoms. The molecular formula is C14H21NO5. The van der Waals surface area contributed by atoms with E-state index in [1.165, 1.54) is 12.2 Å². The predicted molar refractivity (Wildman–Crippen MR) is 71.9 cm³/mol. The van der Waals surface area contributed by atoms with Crippen LogP contribution in [0.4, 0.5) is 0 Å². The van der Waals surface area contributed by atoms with Crippen molar-refractivity contribution in [3.8, 4) is 0 Å². The van der Waals surface area contributed by atoms with E-state index in [0.29, 0.717) is 6.42 Å². The molecule has 0 fully saturated rings. The van der Waals surface area contributed by atoms with Gasteiger partial charge in [-0.1, -0.05) is 0 Å². The molecule has 1 aliphatic heterocycles. The van der Waals surface area contributed by atoms with E-state index in [9.17, 15) is 14.4 Å². The van der Waals surface area contributed by atoms with Crippen LogP contribution in [0.2, 0.25) is 0 Å². The standard InChI is InChI=1S/C14H21NO5/c1-13(2,12(18)19)9-20-14(3,4)7-8-15-10(16)5-6-11(15)17/h5-6H,7-9H2,1-4H3,(H,18,19). The van der Waals surface area contributed by atoms with Gasteiger partial charge < -0.3 is 9.84 Å². The Balaban J connectivity index is 2.48. The van der Waals surface area contributed by atoms with Crippen molar-refractivity contribution in [2.24, 2.45) is 5.41 Å². The van der Waals surface area contributed by atoms with Gasteiger partial charge in [-0.05, 0) is 34.1 Å². The third-order valence-corrected chi connectivity index (χ3v) is 3.24. The normalized spacial score (nSPS) is 16.1. The molecule has 1 aliphatic rings. The molecule has 1 N–H and O–H groups in total. The zero-order valence-corrected chi connectivity index (χ0v) is 12.3. The van der Waals surface area contributed by atoms with E-state index in [0.717, 1.165) is 4.90 Å². The van der Waals surface area contributed by atoms with Gasteiger partial charge in [0.1, 0.15) is 0 Å². The first-order valence-corrected chi connectivity index (χ1v) is 6.46. The Kier molecular flexibility index (Phi) is 4.70. The minimum absolute atomic E-state index is 0.0650. The van der Waals surface area contributed by atoms with E-state index in [-0.39, 0.29) is 25.0 Å². The molecule has 0 aromatic carbocycles. The van der Waals surface area contributed by atoms with Crippen LogP contribution in [0.25, 0.3) is 0 Å². The maximum absolute atomic E-state index is 11.4. The summed E-state index contributed by atoms with van der Waals surface area (Å²) in [6.07, 6.45) is 2.93. The van der Waals surface area contributed by atoms with Crippen LogP contribution in [0, 0.1) is 5.41 Å². The molecule has 0 atom stereocenters. The van der Waals surface area contributed by atoms with Crippen molar-refractivity contribution in [2.75, 3.05) is 13.2 Å². The highest BCUT2D eigenvalue weighted by molar-refractivity contribution is 6.12. The van der Waals surface area contributed by atoms with Crippen LogP contribution in [0.15, 0.2) is 12.2 Å². The van der Waals surface area contributed by atoms with Crippen LogP contribution in [0.3, 0.4) is 0 Å². The van der Waals surface area contributed by atoms with Crippen LogP contribution < -0.4 is 0 Å². The number of imide groups is 1.